The largest absolute Gasteiger partial charge is 0.491 e. The first-order valence-electron chi connectivity index (χ1n) is 8.24. The highest BCUT2D eigenvalue weighted by Crippen LogP contribution is 2.20. The van der Waals surface area contributed by atoms with E-state index in [0.29, 0.717) is 18.8 Å². The molecule has 0 bridgehead atoms. The minimum Gasteiger partial charge on any atom is -0.491 e. The van der Waals surface area contributed by atoms with Gasteiger partial charge in [0.2, 0.25) is 0 Å². The van der Waals surface area contributed by atoms with Gasteiger partial charge in [-0.05, 0) is 51.8 Å². The number of carbonyl (C=O) groups excluding carboxylic acids is 1. The molecule has 0 aliphatic carbocycles. The van der Waals surface area contributed by atoms with Crippen LogP contribution in [0.5, 0.6) is 5.75 Å². The Hall–Kier alpha value is -1.79. The molecule has 1 fully saturated rings. The SMILES string of the molecule is CC(O)COc1ccc(C[C@H](NC(=O)OC(C)(C)C)[C@H]2CO2)cc1. The summed E-state index contributed by atoms with van der Waals surface area (Å²) in [5.74, 6) is 0.707. The van der Waals surface area contributed by atoms with Crippen molar-refractivity contribution < 1.29 is 24.1 Å². The van der Waals surface area contributed by atoms with Gasteiger partial charge >= 0.3 is 6.09 Å². The molecule has 134 valence electrons. The van der Waals surface area contributed by atoms with Crippen LogP contribution in [0.4, 0.5) is 4.79 Å². The summed E-state index contributed by atoms with van der Waals surface area (Å²) in [6, 6.07) is 7.49. The standard InChI is InChI=1S/C18H27NO5/c1-12(20)10-22-14-7-5-13(6-8-14)9-15(16-11-23-16)19-17(21)24-18(2,3)4/h5-8,12,15-16,20H,9-11H2,1-4H3,(H,19,21)/t12?,15-,16+/m0/s1. The summed E-state index contributed by atoms with van der Waals surface area (Å²) in [4.78, 5) is 12.0. The molecule has 1 aliphatic rings. The van der Waals surface area contributed by atoms with Crippen molar-refractivity contribution in [3.8, 4) is 5.75 Å². The van der Waals surface area contributed by atoms with Crippen LogP contribution in [0.1, 0.15) is 33.3 Å². The van der Waals surface area contributed by atoms with Gasteiger partial charge in [-0.1, -0.05) is 12.1 Å². The minimum atomic E-state index is -0.526. The van der Waals surface area contributed by atoms with Crippen LogP contribution in [0.15, 0.2) is 24.3 Å². The number of hydrogen-bond acceptors (Lipinski definition) is 5. The Labute approximate surface area is 143 Å². The molecule has 0 saturated carbocycles. The number of alkyl carbamates (subject to hydrolysis) is 1. The lowest BCUT2D eigenvalue weighted by Crippen LogP contribution is -2.43. The molecule has 0 aromatic heterocycles. The van der Waals surface area contributed by atoms with Gasteiger partial charge in [-0.2, -0.15) is 0 Å². The first-order valence-corrected chi connectivity index (χ1v) is 8.24. The smallest absolute Gasteiger partial charge is 0.407 e. The van der Waals surface area contributed by atoms with E-state index < -0.39 is 17.8 Å². The van der Waals surface area contributed by atoms with E-state index in [1.54, 1.807) is 6.92 Å². The van der Waals surface area contributed by atoms with Gasteiger partial charge in [0.1, 0.15) is 24.1 Å². The monoisotopic (exact) mass is 337 g/mol. The minimum absolute atomic E-state index is 0.0312. The van der Waals surface area contributed by atoms with Gasteiger partial charge in [0.05, 0.1) is 18.8 Å². The normalized spacial score (nSPS) is 19.3. The number of amides is 1. The highest BCUT2D eigenvalue weighted by atomic mass is 16.6. The lowest BCUT2D eigenvalue weighted by atomic mass is 10.0. The summed E-state index contributed by atoms with van der Waals surface area (Å²) in [7, 11) is 0. The van der Waals surface area contributed by atoms with Crippen molar-refractivity contribution in [2.45, 2.75) is 58.0 Å². The molecule has 0 spiro atoms. The first-order chi connectivity index (χ1) is 11.2. The van der Waals surface area contributed by atoms with Crippen LogP contribution >= 0.6 is 0 Å². The fourth-order valence-electron chi connectivity index (χ4n) is 2.21. The zero-order valence-electron chi connectivity index (χ0n) is 14.7. The molecule has 6 heteroatoms. The quantitative estimate of drug-likeness (QED) is 0.746. The van der Waals surface area contributed by atoms with Crippen LogP contribution in [0, 0.1) is 0 Å². The maximum Gasteiger partial charge on any atom is 0.407 e. The second-order valence-electron chi connectivity index (χ2n) is 7.13. The summed E-state index contributed by atoms with van der Waals surface area (Å²) in [5.41, 5.74) is 0.540. The van der Waals surface area contributed by atoms with E-state index in [-0.39, 0.29) is 18.8 Å². The van der Waals surface area contributed by atoms with E-state index >= 15 is 0 Å². The van der Waals surface area contributed by atoms with Crippen molar-refractivity contribution in [3.63, 3.8) is 0 Å². The summed E-state index contributed by atoms with van der Waals surface area (Å²) in [6.45, 7) is 8.09. The van der Waals surface area contributed by atoms with Crippen molar-refractivity contribution in [2.24, 2.45) is 0 Å². The topological polar surface area (TPSA) is 80.3 Å². The predicted octanol–water partition coefficient (Wildman–Crippen LogP) is 2.28. The van der Waals surface area contributed by atoms with Crippen LogP contribution < -0.4 is 10.1 Å². The van der Waals surface area contributed by atoms with E-state index in [0.717, 1.165) is 5.56 Å². The highest BCUT2D eigenvalue weighted by Gasteiger charge is 2.34. The Morgan fingerprint density at radius 3 is 2.50 bits per heavy atom. The number of rotatable bonds is 7. The molecule has 24 heavy (non-hydrogen) atoms. The third-order valence-electron chi connectivity index (χ3n) is 3.38. The number of aliphatic hydroxyl groups excluding tert-OH is 1. The molecule has 2 rings (SSSR count). The van der Waals surface area contributed by atoms with Gasteiger partial charge in [-0.25, -0.2) is 4.79 Å². The second kappa shape index (κ2) is 7.85. The average molecular weight is 337 g/mol. The van der Waals surface area contributed by atoms with Crippen molar-refractivity contribution in [2.75, 3.05) is 13.2 Å². The molecule has 1 aromatic rings. The molecule has 1 aliphatic heterocycles. The van der Waals surface area contributed by atoms with Crippen LogP contribution in [0.3, 0.4) is 0 Å². The molecular formula is C18H27NO5. The number of carbonyl (C=O) groups is 1. The van der Waals surface area contributed by atoms with E-state index in [1.165, 1.54) is 0 Å². The summed E-state index contributed by atoms with van der Waals surface area (Å²) >= 11 is 0. The maximum absolute atomic E-state index is 12.0. The zero-order chi connectivity index (χ0) is 17.7. The van der Waals surface area contributed by atoms with Crippen LogP contribution in [-0.4, -0.2) is 48.3 Å². The summed E-state index contributed by atoms with van der Waals surface area (Å²) in [5, 5.41) is 12.1. The third kappa shape index (κ3) is 6.76. The van der Waals surface area contributed by atoms with Gasteiger partial charge in [0, 0.05) is 0 Å². The lowest BCUT2D eigenvalue weighted by Gasteiger charge is -2.23. The second-order valence-corrected chi connectivity index (χ2v) is 7.13. The molecule has 1 aromatic carbocycles. The molecule has 0 radical (unpaired) electrons. The number of benzene rings is 1. The molecule has 1 unspecified atom stereocenters. The fraction of sp³-hybridized carbons (Fsp3) is 0.611. The Kier molecular flexibility index (Phi) is 6.07. The van der Waals surface area contributed by atoms with Crippen LogP contribution in [0.2, 0.25) is 0 Å². The number of ether oxygens (including phenoxy) is 3. The number of nitrogens with one attached hydrogen (secondary N) is 1. The zero-order valence-corrected chi connectivity index (χ0v) is 14.7. The van der Waals surface area contributed by atoms with Crippen molar-refractivity contribution in [1.82, 2.24) is 5.32 Å². The van der Waals surface area contributed by atoms with Gasteiger partial charge < -0.3 is 24.6 Å². The molecule has 1 saturated heterocycles. The van der Waals surface area contributed by atoms with E-state index in [1.807, 2.05) is 45.0 Å². The highest BCUT2D eigenvalue weighted by molar-refractivity contribution is 5.68. The molecule has 1 heterocycles. The Bertz CT molecular complexity index is 531. The van der Waals surface area contributed by atoms with Crippen molar-refractivity contribution in [1.29, 1.82) is 0 Å². The molecule has 1 amide bonds. The Balaban J connectivity index is 1.89. The van der Waals surface area contributed by atoms with E-state index in [9.17, 15) is 9.90 Å². The van der Waals surface area contributed by atoms with E-state index in [4.69, 9.17) is 14.2 Å². The Morgan fingerprint density at radius 2 is 2.00 bits per heavy atom. The Morgan fingerprint density at radius 1 is 1.38 bits per heavy atom. The summed E-state index contributed by atoms with van der Waals surface area (Å²) < 4.78 is 16.1. The van der Waals surface area contributed by atoms with Crippen molar-refractivity contribution >= 4 is 6.09 Å². The first kappa shape index (κ1) is 18.5. The molecule has 6 nitrogen and oxygen atoms in total. The molecular weight excluding hydrogens is 310 g/mol. The van der Waals surface area contributed by atoms with Gasteiger partial charge in [0.25, 0.3) is 0 Å². The fourth-order valence-corrected chi connectivity index (χ4v) is 2.21. The summed E-state index contributed by atoms with van der Waals surface area (Å²) in [6.07, 6.45) is -0.247. The maximum atomic E-state index is 12.0. The van der Waals surface area contributed by atoms with E-state index in [2.05, 4.69) is 5.32 Å². The number of hydrogen-bond donors (Lipinski definition) is 2. The van der Waals surface area contributed by atoms with Crippen LogP contribution in [-0.2, 0) is 15.9 Å². The average Bonchev–Trinajstić information content (AvgIpc) is 3.28. The lowest BCUT2D eigenvalue weighted by molar-refractivity contribution is 0.0495. The van der Waals surface area contributed by atoms with Gasteiger partial charge in [0.15, 0.2) is 0 Å². The molecule has 2 N–H and O–H groups in total. The van der Waals surface area contributed by atoms with Crippen LogP contribution in [0.25, 0.3) is 0 Å². The molecule has 3 atom stereocenters. The predicted molar refractivity (Wildman–Crippen MR) is 90.2 cm³/mol. The van der Waals surface area contributed by atoms with Gasteiger partial charge in [-0.15, -0.1) is 0 Å². The van der Waals surface area contributed by atoms with Crippen molar-refractivity contribution in [3.05, 3.63) is 29.8 Å². The third-order valence-corrected chi connectivity index (χ3v) is 3.38. The van der Waals surface area contributed by atoms with Gasteiger partial charge in [-0.3, -0.25) is 0 Å². The number of epoxide rings is 1. The number of aliphatic hydroxyl groups is 1.